The Kier molecular flexibility index (Phi) is 8.50. The average molecular weight is 267 g/mol. The molecule has 0 unspecified atom stereocenters. The van der Waals surface area contributed by atoms with E-state index in [1.165, 1.54) is 25.7 Å². The fourth-order valence-corrected chi connectivity index (χ4v) is 2.21. The van der Waals surface area contributed by atoms with Crippen LogP contribution >= 0.6 is 0 Å². The highest BCUT2D eigenvalue weighted by atomic mass is 16.1. The van der Waals surface area contributed by atoms with E-state index in [2.05, 4.69) is 21.6 Å². The summed E-state index contributed by atoms with van der Waals surface area (Å²) in [5, 5.41) is 6.27. The molecule has 0 aromatic heterocycles. The van der Waals surface area contributed by atoms with Gasteiger partial charge in [-0.05, 0) is 52.7 Å². The number of hydrogen-bond donors (Lipinski definition) is 2. The van der Waals surface area contributed by atoms with Crippen molar-refractivity contribution >= 4 is 5.91 Å². The Labute approximate surface area is 117 Å². The van der Waals surface area contributed by atoms with E-state index in [9.17, 15) is 4.79 Å². The van der Waals surface area contributed by atoms with Crippen molar-refractivity contribution in [2.45, 2.75) is 38.5 Å². The first-order chi connectivity index (χ1) is 9.18. The molecule has 4 nitrogen and oxygen atoms in total. The van der Waals surface area contributed by atoms with Gasteiger partial charge in [-0.1, -0.05) is 11.6 Å². The number of allylic oxidation sites excluding steroid dienone is 1. The van der Waals surface area contributed by atoms with Crippen LogP contribution in [0.15, 0.2) is 11.6 Å². The predicted octanol–water partition coefficient (Wildman–Crippen LogP) is 1.53. The highest BCUT2D eigenvalue weighted by Crippen LogP contribution is 2.19. The number of rotatable bonds is 9. The Morgan fingerprint density at radius 1 is 1.26 bits per heavy atom. The normalized spacial score (nSPS) is 15.4. The lowest BCUT2D eigenvalue weighted by atomic mass is 9.97. The fourth-order valence-electron chi connectivity index (χ4n) is 2.21. The molecule has 0 spiro atoms. The molecule has 1 aliphatic rings. The lowest BCUT2D eigenvalue weighted by molar-refractivity contribution is -0.121. The zero-order valence-electron chi connectivity index (χ0n) is 12.5. The first kappa shape index (κ1) is 16.2. The molecule has 1 aliphatic carbocycles. The van der Waals surface area contributed by atoms with Gasteiger partial charge in [-0.25, -0.2) is 0 Å². The molecule has 0 bridgehead atoms. The first-order valence-electron chi connectivity index (χ1n) is 7.48. The molecule has 1 rings (SSSR count). The van der Waals surface area contributed by atoms with Crippen molar-refractivity contribution in [1.82, 2.24) is 15.5 Å². The van der Waals surface area contributed by atoms with Crippen LogP contribution in [0.1, 0.15) is 38.5 Å². The van der Waals surface area contributed by atoms with Crippen LogP contribution in [0.25, 0.3) is 0 Å². The Hall–Kier alpha value is -0.870. The summed E-state index contributed by atoms with van der Waals surface area (Å²) in [5.41, 5.74) is 1.59. The molecule has 110 valence electrons. The van der Waals surface area contributed by atoms with Crippen molar-refractivity contribution in [3.8, 4) is 0 Å². The topological polar surface area (TPSA) is 44.4 Å². The Morgan fingerprint density at radius 3 is 2.79 bits per heavy atom. The highest BCUT2D eigenvalue weighted by molar-refractivity contribution is 5.76. The molecule has 0 radical (unpaired) electrons. The van der Waals surface area contributed by atoms with Crippen molar-refractivity contribution in [2.75, 3.05) is 40.3 Å². The molecule has 0 aromatic rings. The van der Waals surface area contributed by atoms with Crippen LogP contribution in [0.5, 0.6) is 0 Å². The second kappa shape index (κ2) is 9.98. The largest absolute Gasteiger partial charge is 0.355 e. The van der Waals surface area contributed by atoms with Gasteiger partial charge in [0.15, 0.2) is 0 Å². The van der Waals surface area contributed by atoms with Crippen LogP contribution in [0, 0.1) is 0 Å². The zero-order chi connectivity index (χ0) is 13.9. The third-order valence-corrected chi connectivity index (χ3v) is 3.42. The smallest absolute Gasteiger partial charge is 0.221 e. The molecule has 0 saturated carbocycles. The molecule has 2 N–H and O–H groups in total. The highest BCUT2D eigenvalue weighted by Gasteiger charge is 2.03. The van der Waals surface area contributed by atoms with Crippen LogP contribution in [-0.2, 0) is 4.79 Å². The van der Waals surface area contributed by atoms with Crippen LogP contribution in [0.4, 0.5) is 0 Å². The number of likely N-dealkylation sites (N-methyl/N-ethyl adjacent to an activating group) is 1. The molecule has 19 heavy (non-hydrogen) atoms. The number of nitrogens with zero attached hydrogens (tertiary/aromatic N) is 1. The lowest BCUT2D eigenvalue weighted by Crippen LogP contribution is -2.33. The number of carbonyl (C=O) groups is 1. The summed E-state index contributed by atoms with van der Waals surface area (Å²) in [6.45, 7) is 3.41. The van der Waals surface area contributed by atoms with E-state index in [1.807, 2.05) is 14.1 Å². The van der Waals surface area contributed by atoms with Gasteiger partial charge in [-0.3, -0.25) is 4.79 Å². The first-order valence-corrected chi connectivity index (χ1v) is 7.48. The molecule has 0 aliphatic heterocycles. The van der Waals surface area contributed by atoms with Crippen molar-refractivity contribution < 1.29 is 4.79 Å². The van der Waals surface area contributed by atoms with Crippen molar-refractivity contribution in [3.05, 3.63) is 11.6 Å². The summed E-state index contributed by atoms with van der Waals surface area (Å²) in [4.78, 5) is 13.6. The molecule has 0 atom stereocenters. The minimum absolute atomic E-state index is 0.145. The summed E-state index contributed by atoms with van der Waals surface area (Å²) >= 11 is 0. The van der Waals surface area contributed by atoms with Gasteiger partial charge < -0.3 is 15.5 Å². The second-order valence-electron chi connectivity index (χ2n) is 5.51. The van der Waals surface area contributed by atoms with Gasteiger partial charge >= 0.3 is 0 Å². The van der Waals surface area contributed by atoms with Gasteiger partial charge in [0.25, 0.3) is 0 Å². The summed E-state index contributed by atoms with van der Waals surface area (Å²) in [6, 6.07) is 0. The monoisotopic (exact) mass is 267 g/mol. The number of carbonyl (C=O) groups excluding carboxylic acids is 1. The summed E-state index contributed by atoms with van der Waals surface area (Å²) in [5.74, 6) is 0.145. The zero-order valence-corrected chi connectivity index (χ0v) is 12.5. The van der Waals surface area contributed by atoms with E-state index in [0.717, 1.165) is 32.6 Å². The minimum atomic E-state index is 0.145. The molecule has 0 saturated heterocycles. The van der Waals surface area contributed by atoms with E-state index >= 15 is 0 Å². The van der Waals surface area contributed by atoms with Gasteiger partial charge in [0.05, 0.1) is 0 Å². The van der Waals surface area contributed by atoms with Gasteiger partial charge in [-0.2, -0.15) is 0 Å². The second-order valence-corrected chi connectivity index (χ2v) is 5.51. The third-order valence-electron chi connectivity index (χ3n) is 3.42. The van der Waals surface area contributed by atoms with E-state index in [-0.39, 0.29) is 5.91 Å². The number of hydrogen-bond acceptors (Lipinski definition) is 3. The predicted molar refractivity (Wildman–Crippen MR) is 80.2 cm³/mol. The lowest BCUT2D eigenvalue weighted by Gasteiger charge is -2.13. The Morgan fingerprint density at radius 2 is 2.11 bits per heavy atom. The van der Waals surface area contributed by atoms with E-state index < -0.39 is 0 Å². The maximum atomic E-state index is 11.5. The average Bonchev–Trinajstić information content (AvgIpc) is 2.39. The summed E-state index contributed by atoms with van der Waals surface area (Å²) in [6.07, 6.45) is 9.33. The van der Waals surface area contributed by atoms with Crippen LogP contribution in [0.3, 0.4) is 0 Å². The molecule has 0 heterocycles. The van der Waals surface area contributed by atoms with Gasteiger partial charge in [0.1, 0.15) is 0 Å². The molecule has 0 aromatic carbocycles. The van der Waals surface area contributed by atoms with Crippen LogP contribution in [0.2, 0.25) is 0 Å². The van der Waals surface area contributed by atoms with Crippen molar-refractivity contribution in [3.63, 3.8) is 0 Å². The molecule has 4 heteroatoms. The third kappa shape index (κ3) is 8.78. The molecule has 1 amide bonds. The van der Waals surface area contributed by atoms with E-state index in [0.29, 0.717) is 6.42 Å². The number of nitrogens with one attached hydrogen (secondary N) is 2. The standard InChI is InChI=1S/C15H29N3O/c1-18(2)13-12-17-15(19)9-11-16-10-8-14-6-4-3-5-7-14/h6,16H,3-5,7-13H2,1-2H3,(H,17,19). The molecule has 0 fully saturated rings. The van der Waals surface area contributed by atoms with Crippen molar-refractivity contribution in [1.29, 1.82) is 0 Å². The van der Waals surface area contributed by atoms with Crippen molar-refractivity contribution in [2.24, 2.45) is 0 Å². The van der Waals surface area contributed by atoms with E-state index in [4.69, 9.17) is 0 Å². The Balaban J connectivity index is 1.92. The SMILES string of the molecule is CN(C)CCNC(=O)CCNCCC1=CCCCC1. The maximum Gasteiger partial charge on any atom is 0.221 e. The van der Waals surface area contributed by atoms with Crippen LogP contribution in [-0.4, -0.2) is 51.1 Å². The van der Waals surface area contributed by atoms with E-state index in [1.54, 1.807) is 5.57 Å². The Bertz CT molecular complexity index is 287. The van der Waals surface area contributed by atoms with Gasteiger partial charge in [0.2, 0.25) is 5.91 Å². The summed E-state index contributed by atoms with van der Waals surface area (Å²) < 4.78 is 0. The number of amides is 1. The maximum absolute atomic E-state index is 11.5. The van der Waals surface area contributed by atoms with Crippen LogP contribution < -0.4 is 10.6 Å². The fraction of sp³-hybridized carbons (Fsp3) is 0.800. The quantitative estimate of drug-likeness (QED) is 0.492. The van der Waals surface area contributed by atoms with Gasteiger partial charge in [0, 0.05) is 26.1 Å². The minimum Gasteiger partial charge on any atom is -0.355 e. The molecular weight excluding hydrogens is 238 g/mol. The van der Waals surface area contributed by atoms with Gasteiger partial charge in [-0.15, -0.1) is 0 Å². The summed E-state index contributed by atoms with van der Waals surface area (Å²) in [7, 11) is 4.02. The molecular formula is C15H29N3O.